The maximum absolute atomic E-state index is 13.1. The number of nitro groups is 1. The lowest BCUT2D eigenvalue weighted by Crippen LogP contribution is -1.98. The van der Waals surface area contributed by atoms with Gasteiger partial charge in [-0.05, 0) is 24.1 Å². The number of benzene rings is 2. The highest BCUT2D eigenvalue weighted by Gasteiger charge is 2.07. The van der Waals surface area contributed by atoms with E-state index in [-0.39, 0.29) is 18.1 Å². The molecular formula is C14H12FNO3. The minimum Gasteiger partial charge on any atom is -0.489 e. The Balaban J connectivity index is 2.12. The second kappa shape index (κ2) is 5.48. The van der Waals surface area contributed by atoms with Gasteiger partial charge in [0, 0.05) is 18.2 Å². The van der Waals surface area contributed by atoms with E-state index in [4.69, 9.17) is 4.74 Å². The zero-order chi connectivity index (χ0) is 13.8. The predicted molar refractivity (Wildman–Crippen MR) is 68.6 cm³/mol. The maximum Gasteiger partial charge on any atom is 0.269 e. The number of halogens is 1. The molecule has 2 aromatic rings. The molecule has 4 nitrogen and oxygen atoms in total. The van der Waals surface area contributed by atoms with Gasteiger partial charge < -0.3 is 4.74 Å². The molecule has 0 unspecified atom stereocenters. The van der Waals surface area contributed by atoms with Crippen LogP contribution in [0.1, 0.15) is 11.1 Å². The fourth-order valence-corrected chi connectivity index (χ4v) is 1.65. The van der Waals surface area contributed by atoms with Gasteiger partial charge in [-0.2, -0.15) is 0 Å². The van der Waals surface area contributed by atoms with Crippen molar-refractivity contribution in [1.29, 1.82) is 0 Å². The molecule has 0 heterocycles. The third-order valence-corrected chi connectivity index (χ3v) is 2.67. The van der Waals surface area contributed by atoms with Crippen LogP contribution in [0.5, 0.6) is 5.75 Å². The number of nitrogens with zero attached hydrogens (tertiary/aromatic N) is 1. The molecule has 98 valence electrons. The van der Waals surface area contributed by atoms with Gasteiger partial charge in [-0.1, -0.05) is 18.2 Å². The minimum absolute atomic E-state index is 0.0112. The van der Waals surface area contributed by atoms with Crippen LogP contribution in [-0.2, 0) is 6.61 Å². The Hall–Kier alpha value is -2.43. The molecule has 0 fully saturated rings. The van der Waals surface area contributed by atoms with Crippen molar-refractivity contribution >= 4 is 5.69 Å². The lowest BCUT2D eigenvalue weighted by molar-refractivity contribution is -0.384. The Morgan fingerprint density at radius 1 is 1.26 bits per heavy atom. The van der Waals surface area contributed by atoms with Crippen LogP contribution >= 0.6 is 0 Å². The van der Waals surface area contributed by atoms with Crippen molar-refractivity contribution in [3.8, 4) is 5.75 Å². The van der Waals surface area contributed by atoms with Gasteiger partial charge in [0.2, 0.25) is 0 Å². The smallest absolute Gasteiger partial charge is 0.269 e. The summed E-state index contributed by atoms with van der Waals surface area (Å²) in [5.74, 6) is 0.0612. The average molecular weight is 261 g/mol. The van der Waals surface area contributed by atoms with Gasteiger partial charge in [-0.3, -0.25) is 10.1 Å². The minimum atomic E-state index is -0.461. The number of nitro benzene ring substituents is 1. The van der Waals surface area contributed by atoms with Gasteiger partial charge >= 0.3 is 0 Å². The van der Waals surface area contributed by atoms with E-state index in [1.54, 1.807) is 18.2 Å². The largest absolute Gasteiger partial charge is 0.489 e. The van der Waals surface area contributed by atoms with E-state index in [1.165, 1.54) is 24.3 Å². The van der Waals surface area contributed by atoms with Gasteiger partial charge in [0.15, 0.2) is 0 Å². The first-order chi connectivity index (χ1) is 9.06. The molecule has 2 aromatic carbocycles. The topological polar surface area (TPSA) is 52.4 Å². The van der Waals surface area contributed by atoms with Crippen LogP contribution in [0, 0.1) is 22.9 Å². The summed E-state index contributed by atoms with van der Waals surface area (Å²) in [4.78, 5) is 10.2. The Bertz CT molecular complexity index is 613. The van der Waals surface area contributed by atoms with Crippen LogP contribution in [0.15, 0.2) is 42.5 Å². The van der Waals surface area contributed by atoms with Crippen LogP contribution in [-0.4, -0.2) is 4.92 Å². The number of aryl methyl sites for hydroxylation is 1. The SMILES string of the molecule is Cc1ccc(F)cc1OCc1cccc([N+](=O)[O-])c1. The molecule has 5 heteroatoms. The van der Waals surface area contributed by atoms with Crippen molar-refractivity contribution < 1.29 is 14.1 Å². The fraction of sp³-hybridized carbons (Fsp3) is 0.143. The summed E-state index contributed by atoms with van der Waals surface area (Å²) in [6.45, 7) is 1.97. The van der Waals surface area contributed by atoms with Crippen molar-refractivity contribution in [2.24, 2.45) is 0 Å². The third kappa shape index (κ3) is 3.28. The van der Waals surface area contributed by atoms with E-state index < -0.39 is 4.92 Å². The zero-order valence-corrected chi connectivity index (χ0v) is 10.3. The summed E-state index contributed by atoms with van der Waals surface area (Å²) in [5, 5.41) is 10.6. The van der Waals surface area contributed by atoms with E-state index in [0.717, 1.165) is 5.56 Å². The first-order valence-electron chi connectivity index (χ1n) is 5.68. The molecule has 0 saturated heterocycles. The Kier molecular flexibility index (Phi) is 3.75. The molecule has 0 atom stereocenters. The van der Waals surface area contributed by atoms with Crippen LogP contribution in [0.3, 0.4) is 0 Å². The number of hydrogen-bond donors (Lipinski definition) is 0. The number of non-ortho nitro benzene ring substituents is 1. The van der Waals surface area contributed by atoms with Gasteiger partial charge in [0.05, 0.1) is 4.92 Å². The standard InChI is InChI=1S/C14H12FNO3/c1-10-5-6-12(15)8-14(10)19-9-11-3-2-4-13(7-11)16(17)18/h2-8H,9H2,1H3. The van der Waals surface area contributed by atoms with Crippen LogP contribution in [0.4, 0.5) is 10.1 Å². The lowest BCUT2D eigenvalue weighted by Gasteiger charge is -2.09. The molecule has 0 bridgehead atoms. The monoisotopic (exact) mass is 261 g/mol. The molecule has 0 saturated carbocycles. The summed E-state index contributed by atoms with van der Waals surface area (Å²) >= 11 is 0. The van der Waals surface area contributed by atoms with Crippen molar-refractivity contribution in [3.05, 3.63) is 69.5 Å². The van der Waals surface area contributed by atoms with Crippen molar-refractivity contribution in [2.45, 2.75) is 13.5 Å². The number of hydrogen-bond acceptors (Lipinski definition) is 3. The first-order valence-corrected chi connectivity index (χ1v) is 5.68. The summed E-state index contributed by atoms with van der Waals surface area (Å²) in [6.07, 6.45) is 0. The predicted octanol–water partition coefficient (Wildman–Crippen LogP) is 3.62. The second-order valence-corrected chi connectivity index (χ2v) is 4.13. The van der Waals surface area contributed by atoms with Crippen LogP contribution in [0.2, 0.25) is 0 Å². The van der Waals surface area contributed by atoms with Gasteiger partial charge in [0.25, 0.3) is 5.69 Å². The van der Waals surface area contributed by atoms with Crippen LogP contribution < -0.4 is 4.74 Å². The van der Waals surface area contributed by atoms with Gasteiger partial charge in [0.1, 0.15) is 18.2 Å². The highest BCUT2D eigenvalue weighted by molar-refractivity contribution is 5.35. The molecule has 0 N–H and O–H groups in total. The lowest BCUT2D eigenvalue weighted by atomic mass is 10.2. The molecule has 0 radical (unpaired) electrons. The van der Waals surface area contributed by atoms with Crippen molar-refractivity contribution in [1.82, 2.24) is 0 Å². The van der Waals surface area contributed by atoms with Gasteiger partial charge in [-0.25, -0.2) is 4.39 Å². The normalized spacial score (nSPS) is 10.2. The van der Waals surface area contributed by atoms with E-state index in [0.29, 0.717) is 11.3 Å². The highest BCUT2D eigenvalue weighted by atomic mass is 19.1. The quantitative estimate of drug-likeness (QED) is 0.624. The highest BCUT2D eigenvalue weighted by Crippen LogP contribution is 2.21. The molecule has 0 aromatic heterocycles. The zero-order valence-electron chi connectivity index (χ0n) is 10.3. The molecular weight excluding hydrogens is 249 g/mol. The molecule has 0 aliphatic heterocycles. The molecule has 2 rings (SSSR count). The fourth-order valence-electron chi connectivity index (χ4n) is 1.65. The van der Waals surface area contributed by atoms with Gasteiger partial charge in [-0.15, -0.1) is 0 Å². The Morgan fingerprint density at radius 2 is 2.05 bits per heavy atom. The van der Waals surface area contributed by atoms with Crippen LogP contribution in [0.25, 0.3) is 0 Å². The molecule has 0 aliphatic carbocycles. The Labute approximate surface area is 109 Å². The van der Waals surface area contributed by atoms with E-state index in [2.05, 4.69) is 0 Å². The average Bonchev–Trinajstić information content (AvgIpc) is 2.40. The summed E-state index contributed by atoms with van der Waals surface area (Å²) < 4.78 is 18.5. The molecule has 0 spiro atoms. The Morgan fingerprint density at radius 3 is 2.79 bits per heavy atom. The summed E-state index contributed by atoms with van der Waals surface area (Å²) in [7, 11) is 0. The van der Waals surface area contributed by atoms with E-state index in [1.807, 2.05) is 6.92 Å². The number of ether oxygens (including phenoxy) is 1. The summed E-state index contributed by atoms with van der Waals surface area (Å²) in [5.41, 5.74) is 1.49. The third-order valence-electron chi connectivity index (χ3n) is 2.67. The van der Waals surface area contributed by atoms with Crippen molar-refractivity contribution in [3.63, 3.8) is 0 Å². The second-order valence-electron chi connectivity index (χ2n) is 4.13. The van der Waals surface area contributed by atoms with E-state index in [9.17, 15) is 14.5 Å². The number of rotatable bonds is 4. The van der Waals surface area contributed by atoms with E-state index >= 15 is 0 Å². The van der Waals surface area contributed by atoms with Crippen molar-refractivity contribution in [2.75, 3.05) is 0 Å². The molecule has 0 aliphatic rings. The molecule has 0 amide bonds. The summed E-state index contributed by atoms with van der Waals surface area (Å²) in [6, 6.07) is 10.4. The molecule has 19 heavy (non-hydrogen) atoms. The maximum atomic E-state index is 13.1. The first kappa shape index (κ1) is 13.0.